The molecule has 5 aromatic carbocycles. The van der Waals surface area contributed by atoms with Gasteiger partial charge in [0.25, 0.3) is 0 Å². The molecule has 31 heavy (non-hydrogen) atoms. The number of aromatic nitrogens is 1. The number of nitriles is 1. The molecule has 2 heterocycles. The number of para-hydroxylation sites is 1. The molecule has 142 valence electrons. The molecule has 0 aliphatic carbocycles. The predicted octanol–water partition coefficient (Wildman–Crippen LogP) is 7.53. The van der Waals surface area contributed by atoms with Crippen LogP contribution in [0.3, 0.4) is 0 Å². The Balaban J connectivity index is 1.71. The smallest absolute Gasteiger partial charge is 0.0991 e. The first-order valence-corrected chi connectivity index (χ1v) is 10.4. The van der Waals surface area contributed by atoms with Crippen molar-refractivity contribution < 1.29 is 0 Å². The molecule has 0 saturated heterocycles. The highest BCUT2D eigenvalue weighted by Gasteiger charge is 2.19. The van der Waals surface area contributed by atoms with Gasteiger partial charge >= 0.3 is 0 Å². The number of hydrogen-bond acceptors (Lipinski definition) is 1. The molecule has 0 spiro atoms. The molecular formula is C29H16N2. The summed E-state index contributed by atoms with van der Waals surface area (Å²) in [5, 5.41) is 17.0. The van der Waals surface area contributed by atoms with Gasteiger partial charge in [0.15, 0.2) is 0 Å². The standard InChI is InChI=1S/C29H16N2/c30-17-18-6-5-8-19(14-18)20-12-13-27-25(15-20)28-22-9-2-1-7-21(22)16-24-23-10-3-4-11-26(23)31(27)29(24)28/h1-16H. The maximum Gasteiger partial charge on any atom is 0.0991 e. The first-order valence-electron chi connectivity index (χ1n) is 10.4. The Morgan fingerprint density at radius 3 is 2.26 bits per heavy atom. The van der Waals surface area contributed by atoms with Gasteiger partial charge in [0.2, 0.25) is 0 Å². The lowest BCUT2D eigenvalue weighted by Crippen LogP contribution is -1.83. The summed E-state index contributed by atoms with van der Waals surface area (Å²) in [6.45, 7) is 0. The van der Waals surface area contributed by atoms with Crippen LogP contribution in [0.1, 0.15) is 5.56 Å². The third-order valence-corrected chi connectivity index (χ3v) is 6.51. The normalized spacial score (nSPS) is 11.8. The highest BCUT2D eigenvalue weighted by molar-refractivity contribution is 6.31. The zero-order valence-electron chi connectivity index (χ0n) is 16.6. The molecule has 2 nitrogen and oxygen atoms in total. The quantitative estimate of drug-likeness (QED) is 0.284. The van der Waals surface area contributed by atoms with Gasteiger partial charge in [-0.15, -0.1) is 0 Å². The van der Waals surface area contributed by atoms with E-state index in [4.69, 9.17) is 0 Å². The van der Waals surface area contributed by atoms with Gasteiger partial charge in [0.1, 0.15) is 0 Å². The molecule has 0 unspecified atom stereocenters. The first-order chi connectivity index (χ1) is 15.3. The van der Waals surface area contributed by atoms with Crippen LogP contribution in [0.4, 0.5) is 0 Å². The monoisotopic (exact) mass is 392 g/mol. The van der Waals surface area contributed by atoms with Crippen molar-refractivity contribution in [1.29, 1.82) is 5.26 Å². The summed E-state index contributed by atoms with van der Waals surface area (Å²) < 4.78 is 2.41. The van der Waals surface area contributed by atoms with Gasteiger partial charge in [-0.3, -0.25) is 0 Å². The molecule has 0 saturated carbocycles. The summed E-state index contributed by atoms with van der Waals surface area (Å²) in [7, 11) is 0. The summed E-state index contributed by atoms with van der Waals surface area (Å²) in [6, 6.07) is 36.4. The SMILES string of the molecule is N#Cc1cccc(-c2ccc3c(c2)c2c4ccccc4cc4c5ccccc5n3c42)c1. The second-order valence-corrected chi connectivity index (χ2v) is 8.15. The molecular weight excluding hydrogens is 376 g/mol. The minimum atomic E-state index is 0.683. The van der Waals surface area contributed by atoms with Crippen molar-refractivity contribution in [2.45, 2.75) is 0 Å². The Labute approximate surface area is 178 Å². The van der Waals surface area contributed by atoms with E-state index in [0.717, 1.165) is 11.1 Å². The van der Waals surface area contributed by atoms with E-state index in [2.05, 4.69) is 89.3 Å². The predicted molar refractivity (Wildman–Crippen MR) is 129 cm³/mol. The third kappa shape index (κ3) is 2.10. The van der Waals surface area contributed by atoms with Crippen molar-refractivity contribution in [3.63, 3.8) is 0 Å². The van der Waals surface area contributed by atoms with E-state index in [-0.39, 0.29) is 0 Å². The molecule has 2 heteroatoms. The maximum absolute atomic E-state index is 9.32. The second kappa shape index (κ2) is 5.84. The third-order valence-electron chi connectivity index (χ3n) is 6.51. The fraction of sp³-hybridized carbons (Fsp3) is 0. The van der Waals surface area contributed by atoms with Gasteiger partial charge in [-0.05, 0) is 58.3 Å². The zero-order valence-corrected chi connectivity index (χ0v) is 16.6. The topological polar surface area (TPSA) is 28.2 Å². The molecule has 0 N–H and O–H groups in total. The van der Waals surface area contributed by atoms with E-state index >= 15 is 0 Å². The minimum Gasteiger partial charge on any atom is -0.308 e. The summed E-state index contributed by atoms with van der Waals surface area (Å²) in [4.78, 5) is 0. The average Bonchev–Trinajstić information content (AvgIpc) is 3.35. The molecule has 7 rings (SSSR count). The van der Waals surface area contributed by atoms with Gasteiger partial charge in [-0.1, -0.05) is 60.7 Å². The Bertz CT molecular complexity index is 1850. The summed E-state index contributed by atoms with van der Waals surface area (Å²) in [5.41, 5.74) is 6.64. The number of nitrogens with zero attached hydrogens (tertiary/aromatic N) is 2. The van der Waals surface area contributed by atoms with E-state index in [1.165, 1.54) is 48.9 Å². The highest BCUT2D eigenvalue weighted by Crippen LogP contribution is 2.43. The van der Waals surface area contributed by atoms with Crippen molar-refractivity contribution in [3.05, 3.63) is 103 Å². The van der Waals surface area contributed by atoms with Crippen LogP contribution >= 0.6 is 0 Å². The van der Waals surface area contributed by atoms with Gasteiger partial charge in [-0.25, -0.2) is 0 Å². The van der Waals surface area contributed by atoms with Crippen LogP contribution in [-0.4, -0.2) is 4.40 Å². The van der Waals surface area contributed by atoms with Crippen LogP contribution in [-0.2, 0) is 0 Å². The zero-order chi connectivity index (χ0) is 20.5. The van der Waals surface area contributed by atoms with Crippen LogP contribution in [0.2, 0.25) is 0 Å². The Morgan fingerprint density at radius 2 is 1.35 bits per heavy atom. The fourth-order valence-corrected chi connectivity index (χ4v) is 5.19. The molecule has 0 aliphatic heterocycles. The fourth-order valence-electron chi connectivity index (χ4n) is 5.19. The summed E-state index contributed by atoms with van der Waals surface area (Å²) in [6.07, 6.45) is 0. The summed E-state index contributed by atoms with van der Waals surface area (Å²) >= 11 is 0. The molecule has 0 radical (unpaired) electrons. The Hall–Kier alpha value is -4.35. The lowest BCUT2D eigenvalue weighted by molar-refractivity contribution is 1.37. The van der Waals surface area contributed by atoms with Gasteiger partial charge in [0, 0.05) is 21.5 Å². The summed E-state index contributed by atoms with van der Waals surface area (Å²) in [5.74, 6) is 0. The van der Waals surface area contributed by atoms with E-state index in [0.29, 0.717) is 5.56 Å². The first kappa shape index (κ1) is 16.4. The highest BCUT2D eigenvalue weighted by atomic mass is 14.9. The van der Waals surface area contributed by atoms with Crippen LogP contribution in [0.5, 0.6) is 0 Å². The molecule has 2 aromatic heterocycles. The van der Waals surface area contributed by atoms with Crippen molar-refractivity contribution >= 4 is 48.9 Å². The molecule has 0 atom stereocenters. The number of hydrogen-bond donors (Lipinski definition) is 0. The van der Waals surface area contributed by atoms with Crippen molar-refractivity contribution in [2.75, 3.05) is 0 Å². The van der Waals surface area contributed by atoms with Crippen LogP contribution in [0.15, 0.2) is 97.1 Å². The minimum absolute atomic E-state index is 0.683. The maximum atomic E-state index is 9.32. The van der Waals surface area contributed by atoms with Crippen molar-refractivity contribution in [1.82, 2.24) is 4.40 Å². The van der Waals surface area contributed by atoms with E-state index in [1.807, 2.05) is 18.2 Å². The van der Waals surface area contributed by atoms with Crippen LogP contribution < -0.4 is 0 Å². The average molecular weight is 392 g/mol. The lowest BCUT2D eigenvalue weighted by atomic mass is 9.97. The number of fused-ring (bicyclic) bond motifs is 8. The van der Waals surface area contributed by atoms with E-state index in [1.54, 1.807) is 0 Å². The Kier molecular flexibility index (Phi) is 3.10. The molecule has 0 fully saturated rings. The Morgan fingerprint density at radius 1 is 0.581 bits per heavy atom. The number of rotatable bonds is 1. The molecule has 0 aliphatic rings. The van der Waals surface area contributed by atoms with Crippen LogP contribution in [0, 0.1) is 11.3 Å². The van der Waals surface area contributed by atoms with Crippen molar-refractivity contribution in [3.8, 4) is 17.2 Å². The lowest BCUT2D eigenvalue weighted by Gasteiger charge is -2.05. The van der Waals surface area contributed by atoms with Crippen molar-refractivity contribution in [2.24, 2.45) is 0 Å². The second-order valence-electron chi connectivity index (χ2n) is 8.15. The van der Waals surface area contributed by atoms with Gasteiger partial charge < -0.3 is 4.40 Å². The largest absolute Gasteiger partial charge is 0.308 e. The molecule has 7 aromatic rings. The number of benzene rings is 5. The van der Waals surface area contributed by atoms with Gasteiger partial charge in [0.05, 0.1) is 28.2 Å². The van der Waals surface area contributed by atoms with E-state index in [9.17, 15) is 5.26 Å². The van der Waals surface area contributed by atoms with Gasteiger partial charge in [-0.2, -0.15) is 5.26 Å². The molecule has 0 bridgehead atoms. The van der Waals surface area contributed by atoms with Crippen LogP contribution in [0.25, 0.3) is 60.0 Å². The van der Waals surface area contributed by atoms with E-state index < -0.39 is 0 Å². The molecule has 0 amide bonds.